The monoisotopic (exact) mass is 1390 g/mol. The van der Waals surface area contributed by atoms with Gasteiger partial charge in [-0.05, 0) is 57.3 Å². The van der Waals surface area contributed by atoms with Crippen LogP contribution in [0.4, 0.5) is 0 Å². The Balaban J connectivity index is 5.21. The summed E-state index contributed by atoms with van der Waals surface area (Å²) < 4.78 is 68.4. The maximum Gasteiger partial charge on any atom is 0.472 e. The van der Waals surface area contributed by atoms with E-state index in [4.69, 9.17) is 37.0 Å². The number of phosphoric acid groups is 2. The van der Waals surface area contributed by atoms with Crippen molar-refractivity contribution in [3.05, 3.63) is 24.3 Å². The number of aliphatic hydroxyl groups is 1. The molecule has 0 aromatic heterocycles. The van der Waals surface area contributed by atoms with E-state index in [0.29, 0.717) is 25.7 Å². The molecule has 0 aliphatic rings. The second-order valence-corrected chi connectivity index (χ2v) is 30.1. The van der Waals surface area contributed by atoms with Crippen molar-refractivity contribution in [2.24, 2.45) is 5.92 Å². The van der Waals surface area contributed by atoms with Crippen molar-refractivity contribution in [2.75, 3.05) is 39.6 Å². The van der Waals surface area contributed by atoms with E-state index in [1.54, 1.807) is 0 Å². The zero-order valence-corrected chi connectivity index (χ0v) is 63.1. The highest BCUT2D eigenvalue weighted by molar-refractivity contribution is 7.47. The van der Waals surface area contributed by atoms with E-state index in [9.17, 15) is 43.2 Å². The fraction of sp³-hybridized carbons (Fsp3) is 0.895. The lowest BCUT2D eigenvalue weighted by Crippen LogP contribution is -2.30. The Morgan fingerprint density at radius 1 is 0.326 bits per heavy atom. The van der Waals surface area contributed by atoms with Gasteiger partial charge >= 0.3 is 39.5 Å². The van der Waals surface area contributed by atoms with Crippen LogP contribution in [0.1, 0.15) is 375 Å². The molecule has 0 bridgehead atoms. The van der Waals surface area contributed by atoms with Crippen LogP contribution in [0.2, 0.25) is 0 Å². The van der Waals surface area contributed by atoms with Gasteiger partial charge in [0, 0.05) is 25.7 Å². The van der Waals surface area contributed by atoms with Gasteiger partial charge in [-0.3, -0.25) is 37.3 Å². The molecule has 0 aromatic rings. The lowest BCUT2D eigenvalue weighted by Gasteiger charge is -2.21. The highest BCUT2D eigenvalue weighted by Crippen LogP contribution is 2.45. The fourth-order valence-corrected chi connectivity index (χ4v) is 12.7. The smallest absolute Gasteiger partial charge is 0.462 e. The first-order chi connectivity index (χ1) is 46.0. The summed E-state index contributed by atoms with van der Waals surface area (Å²) in [5.41, 5.74) is 0. The number of rotatable bonds is 74. The number of carbonyl (C=O) groups excluding carboxylic acids is 4. The van der Waals surface area contributed by atoms with Gasteiger partial charge in [0.05, 0.1) is 26.4 Å². The summed E-state index contributed by atoms with van der Waals surface area (Å²) in [6, 6.07) is 0. The molecule has 0 rings (SSSR count). The van der Waals surface area contributed by atoms with Gasteiger partial charge in [-0.2, -0.15) is 0 Å². The van der Waals surface area contributed by atoms with Crippen LogP contribution in [0, 0.1) is 5.92 Å². The minimum atomic E-state index is -4.96. The quantitative estimate of drug-likeness (QED) is 0.0169. The van der Waals surface area contributed by atoms with Gasteiger partial charge in [0.25, 0.3) is 0 Å². The molecule has 0 aliphatic carbocycles. The van der Waals surface area contributed by atoms with Crippen molar-refractivity contribution in [3.63, 3.8) is 0 Å². The molecule has 19 heteroatoms. The molecule has 0 aliphatic heterocycles. The summed E-state index contributed by atoms with van der Waals surface area (Å²) in [6.45, 7) is 7.17. The van der Waals surface area contributed by atoms with Crippen LogP contribution in [0.25, 0.3) is 0 Å². The Hall–Kier alpha value is -2.46. The number of aliphatic hydroxyl groups excluding tert-OH is 1. The number of esters is 4. The van der Waals surface area contributed by atoms with Crippen LogP contribution in [0.5, 0.6) is 0 Å². The number of carbonyl (C=O) groups is 4. The largest absolute Gasteiger partial charge is 0.472 e. The molecule has 0 amide bonds. The number of hydrogen-bond acceptors (Lipinski definition) is 15. The third kappa shape index (κ3) is 69.8. The summed E-state index contributed by atoms with van der Waals surface area (Å²) in [7, 11) is -9.92. The summed E-state index contributed by atoms with van der Waals surface area (Å²) in [5, 5.41) is 10.6. The van der Waals surface area contributed by atoms with Crippen molar-refractivity contribution in [2.45, 2.75) is 393 Å². The van der Waals surface area contributed by atoms with Gasteiger partial charge < -0.3 is 33.8 Å². The number of unbranched alkanes of at least 4 members (excludes halogenated alkanes) is 43. The molecule has 5 atom stereocenters. The van der Waals surface area contributed by atoms with Gasteiger partial charge in [-0.25, -0.2) is 9.13 Å². The standard InChI is InChI=1S/C76H144O17P2/c1-6-9-12-15-18-20-22-24-26-27-28-29-30-32-34-36-41-46-51-56-61-75(80)93-72(66-87-74(79)60-55-50-45-40-35-33-31-25-23-21-19-16-13-10-7-2)68-91-95(84,85)89-64-70(77)63-88-94(82,83)90-67-71(65-86-73(78)59-54-49-43-17-14-11-8-3)92-76(81)62-57-52-47-42-38-37-39-44-48-53-58-69(4)5/h21,23,25,31,69-72,77H,6-20,22,24,26-30,32-68H2,1-5H3,(H,82,83)(H,84,85)/b23-21-,31-25-/t70-,71+,72+/m0/s1. The summed E-state index contributed by atoms with van der Waals surface area (Å²) in [6.07, 6.45) is 60.7. The molecule has 0 heterocycles. The van der Waals surface area contributed by atoms with E-state index in [1.807, 2.05) is 0 Å². The van der Waals surface area contributed by atoms with Crippen molar-refractivity contribution in [1.29, 1.82) is 0 Å². The number of allylic oxidation sites excluding steroid dienone is 4. The maximum atomic E-state index is 13.1. The predicted octanol–water partition coefficient (Wildman–Crippen LogP) is 22.0. The zero-order valence-electron chi connectivity index (χ0n) is 61.3. The molecule has 0 fully saturated rings. The lowest BCUT2D eigenvalue weighted by molar-refractivity contribution is -0.161. The van der Waals surface area contributed by atoms with Gasteiger partial charge in [-0.15, -0.1) is 0 Å². The lowest BCUT2D eigenvalue weighted by atomic mass is 10.0. The van der Waals surface area contributed by atoms with Crippen LogP contribution in [-0.4, -0.2) is 96.7 Å². The van der Waals surface area contributed by atoms with Crippen LogP contribution in [-0.2, 0) is 65.4 Å². The molecule has 0 spiro atoms. The third-order valence-corrected chi connectivity index (χ3v) is 19.1. The van der Waals surface area contributed by atoms with Gasteiger partial charge in [0.1, 0.15) is 19.3 Å². The van der Waals surface area contributed by atoms with Gasteiger partial charge in [0.15, 0.2) is 12.2 Å². The first-order valence-corrected chi connectivity index (χ1v) is 41.9. The van der Waals surface area contributed by atoms with Crippen LogP contribution >= 0.6 is 15.6 Å². The Labute approximate surface area is 580 Å². The molecular weight excluding hydrogens is 1250 g/mol. The normalized spacial score (nSPS) is 14.1. The molecule has 3 N–H and O–H groups in total. The second kappa shape index (κ2) is 68.7. The molecule has 95 heavy (non-hydrogen) atoms. The summed E-state index contributed by atoms with van der Waals surface area (Å²) in [4.78, 5) is 72.6. The Bertz CT molecular complexity index is 1920. The molecule has 0 aromatic carbocycles. The van der Waals surface area contributed by atoms with E-state index < -0.39 is 97.5 Å². The van der Waals surface area contributed by atoms with E-state index in [2.05, 4.69) is 58.9 Å². The highest BCUT2D eigenvalue weighted by Gasteiger charge is 2.30. The average Bonchev–Trinajstić information content (AvgIpc) is 2.98. The highest BCUT2D eigenvalue weighted by atomic mass is 31.2. The van der Waals surface area contributed by atoms with Crippen LogP contribution in [0.3, 0.4) is 0 Å². The molecule has 560 valence electrons. The van der Waals surface area contributed by atoms with Gasteiger partial charge in [-0.1, -0.05) is 322 Å². The van der Waals surface area contributed by atoms with E-state index in [1.165, 1.54) is 167 Å². The average molecular weight is 1390 g/mol. The van der Waals surface area contributed by atoms with E-state index in [0.717, 1.165) is 128 Å². The van der Waals surface area contributed by atoms with Crippen molar-refractivity contribution in [1.82, 2.24) is 0 Å². The minimum absolute atomic E-state index is 0.102. The topological polar surface area (TPSA) is 237 Å². The van der Waals surface area contributed by atoms with Crippen molar-refractivity contribution < 1.29 is 80.2 Å². The summed E-state index contributed by atoms with van der Waals surface area (Å²) >= 11 is 0. The number of ether oxygens (including phenoxy) is 4. The van der Waals surface area contributed by atoms with Gasteiger partial charge in [0.2, 0.25) is 0 Å². The number of hydrogen-bond donors (Lipinski definition) is 3. The number of phosphoric ester groups is 2. The molecule has 17 nitrogen and oxygen atoms in total. The van der Waals surface area contributed by atoms with Crippen molar-refractivity contribution in [3.8, 4) is 0 Å². The maximum absolute atomic E-state index is 13.1. The molecule has 0 saturated heterocycles. The zero-order chi connectivity index (χ0) is 69.8. The van der Waals surface area contributed by atoms with Crippen LogP contribution < -0.4 is 0 Å². The Morgan fingerprint density at radius 3 is 0.863 bits per heavy atom. The summed E-state index contributed by atoms with van der Waals surface area (Å²) in [5.74, 6) is -1.40. The molecule has 2 unspecified atom stereocenters. The first-order valence-electron chi connectivity index (χ1n) is 39.0. The molecule has 0 radical (unpaired) electrons. The predicted molar refractivity (Wildman–Crippen MR) is 386 cm³/mol. The van der Waals surface area contributed by atoms with Crippen molar-refractivity contribution >= 4 is 39.5 Å². The second-order valence-electron chi connectivity index (χ2n) is 27.2. The Morgan fingerprint density at radius 2 is 0.568 bits per heavy atom. The fourth-order valence-electron chi connectivity index (χ4n) is 11.2. The molecule has 0 saturated carbocycles. The SMILES string of the molecule is CCCCCC/C=C\C=C/CCCCCCCC(=O)OC[C@H](COP(=O)(O)OC[C@@H](O)COP(=O)(O)OC[C@@H](COC(=O)CCCCCCCCC)OC(=O)CCCCCCCCCCCCC(C)C)OC(=O)CCCCCCCCCCCCCCCCCCCCCC. The molecular formula is C76H144O17P2. The third-order valence-electron chi connectivity index (χ3n) is 17.2. The Kier molecular flexibility index (Phi) is 66.9. The minimum Gasteiger partial charge on any atom is -0.462 e. The van der Waals surface area contributed by atoms with Crippen LogP contribution in [0.15, 0.2) is 24.3 Å². The van der Waals surface area contributed by atoms with E-state index >= 15 is 0 Å². The van der Waals surface area contributed by atoms with E-state index in [-0.39, 0.29) is 25.7 Å². The first kappa shape index (κ1) is 92.5.